The van der Waals surface area contributed by atoms with E-state index >= 15 is 0 Å². The Kier molecular flexibility index (Phi) is 4.88. The van der Waals surface area contributed by atoms with Crippen LogP contribution >= 0.6 is 0 Å². The first-order valence-corrected chi connectivity index (χ1v) is 8.11. The van der Waals surface area contributed by atoms with Crippen molar-refractivity contribution in [2.75, 3.05) is 0 Å². The van der Waals surface area contributed by atoms with Crippen LogP contribution in [0.15, 0.2) is 47.4 Å². The van der Waals surface area contributed by atoms with Crippen LogP contribution in [0.1, 0.15) is 35.7 Å². The average molecular weight is 336 g/mol. The first kappa shape index (κ1) is 16.8. The van der Waals surface area contributed by atoms with E-state index in [1.807, 2.05) is 45.0 Å². The van der Waals surface area contributed by atoms with Gasteiger partial charge in [0.1, 0.15) is 5.76 Å². The Labute approximate surface area is 146 Å². The molecule has 6 heteroatoms. The van der Waals surface area contributed by atoms with Crippen LogP contribution < -0.4 is 5.32 Å². The maximum absolute atomic E-state index is 12.2. The van der Waals surface area contributed by atoms with Crippen molar-refractivity contribution in [3.63, 3.8) is 0 Å². The molecular formula is C19H20N4O2. The second-order valence-electron chi connectivity index (χ2n) is 6.04. The van der Waals surface area contributed by atoms with Gasteiger partial charge in [-0.25, -0.2) is 0 Å². The van der Waals surface area contributed by atoms with Gasteiger partial charge in [-0.05, 0) is 31.9 Å². The van der Waals surface area contributed by atoms with Gasteiger partial charge in [0, 0.05) is 11.8 Å². The normalized spacial score (nSPS) is 12.0. The fourth-order valence-corrected chi connectivity index (χ4v) is 2.56. The van der Waals surface area contributed by atoms with Crippen molar-refractivity contribution in [3.05, 3.63) is 65.6 Å². The lowest BCUT2D eigenvalue weighted by Crippen LogP contribution is -2.28. The van der Waals surface area contributed by atoms with Crippen molar-refractivity contribution in [2.45, 2.75) is 33.2 Å². The average Bonchev–Trinajstić information content (AvgIpc) is 3.02. The second kappa shape index (κ2) is 7.25. The fraction of sp³-hybridized carbons (Fsp3) is 0.263. The van der Waals surface area contributed by atoms with Crippen molar-refractivity contribution in [2.24, 2.45) is 0 Å². The number of aryl methyl sites for hydroxylation is 2. The summed E-state index contributed by atoms with van der Waals surface area (Å²) in [6.45, 7) is 5.65. The largest absolute Gasteiger partial charge is 0.361 e. The molecule has 0 saturated heterocycles. The monoisotopic (exact) mass is 336 g/mol. The third-order valence-electron chi connectivity index (χ3n) is 4.00. The third kappa shape index (κ3) is 4.09. The minimum atomic E-state index is -0.181. The quantitative estimate of drug-likeness (QED) is 0.774. The molecule has 0 bridgehead atoms. The number of rotatable bonds is 5. The molecule has 0 saturated carbocycles. The van der Waals surface area contributed by atoms with Gasteiger partial charge in [-0.3, -0.25) is 14.8 Å². The number of benzene rings is 1. The molecule has 128 valence electrons. The lowest BCUT2D eigenvalue weighted by atomic mass is 10.0. The van der Waals surface area contributed by atoms with Crippen LogP contribution in [0.25, 0.3) is 11.1 Å². The number of nitrogens with zero attached hydrogens (tertiary/aromatic N) is 3. The smallest absolute Gasteiger partial charge is 0.224 e. The van der Waals surface area contributed by atoms with Gasteiger partial charge in [-0.1, -0.05) is 29.4 Å². The van der Waals surface area contributed by atoms with Crippen LogP contribution in [0.5, 0.6) is 0 Å². The molecule has 2 heterocycles. The zero-order chi connectivity index (χ0) is 17.8. The zero-order valence-corrected chi connectivity index (χ0v) is 14.5. The summed E-state index contributed by atoms with van der Waals surface area (Å²) >= 11 is 0. The number of carbonyl (C=O) groups excluding carboxylic acids is 1. The maximum Gasteiger partial charge on any atom is 0.224 e. The van der Waals surface area contributed by atoms with E-state index in [1.165, 1.54) is 0 Å². The van der Waals surface area contributed by atoms with E-state index < -0.39 is 0 Å². The first-order chi connectivity index (χ1) is 12.0. The van der Waals surface area contributed by atoms with Crippen molar-refractivity contribution in [1.82, 2.24) is 20.4 Å². The fourth-order valence-electron chi connectivity index (χ4n) is 2.56. The van der Waals surface area contributed by atoms with Gasteiger partial charge in [-0.15, -0.1) is 0 Å². The van der Waals surface area contributed by atoms with Gasteiger partial charge in [0.25, 0.3) is 0 Å². The molecule has 1 atom stereocenters. The number of nitrogens with one attached hydrogen (secondary N) is 1. The minimum Gasteiger partial charge on any atom is -0.361 e. The van der Waals surface area contributed by atoms with Crippen molar-refractivity contribution < 1.29 is 9.32 Å². The molecule has 0 fully saturated rings. The Bertz CT molecular complexity index is 854. The Morgan fingerprint density at radius 3 is 2.48 bits per heavy atom. The molecule has 1 N–H and O–H groups in total. The van der Waals surface area contributed by atoms with Crippen LogP contribution in [-0.2, 0) is 11.2 Å². The summed E-state index contributed by atoms with van der Waals surface area (Å²) in [6.07, 6.45) is 5.40. The van der Waals surface area contributed by atoms with E-state index in [1.54, 1.807) is 18.6 Å². The summed E-state index contributed by atoms with van der Waals surface area (Å²) in [6, 6.07) is 7.64. The van der Waals surface area contributed by atoms with E-state index in [0.29, 0.717) is 6.42 Å². The Morgan fingerprint density at radius 1 is 1.12 bits per heavy atom. The molecule has 1 aromatic carbocycles. The molecule has 0 spiro atoms. The summed E-state index contributed by atoms with van der Waals surface area (Å²) in [5.74, 6) is 0.724. The first-order valence-electron chi connectivity index (χ1n) is 8.11. The molecule has 6 nitrogen and oxygen atoms in total. The Hall–Kier alpha value is -3.02. The van der Waals surface area contributed by atoms with E-state index in [4.69, 9.17) is 4.52 Å². The van der Waals surface area contributed by atoms with E-state index in [-0.39, 0.29) is 11.9 Å². The van der Waals surface area contributed by atoms with E-state index in [2.05, 4.69) is 20.4 Å². The highest BCUT2D eigenvalue weighted by molar-refractivity contribution is 5.79. The predicted molar refractivity (Wildman–Crippen MR) is 93.7 cm³/mol. The summed E-state index contributed by atoms with van der Waals surface area (Å²) in [4.78, 5) is 20.7. The lowest BCUT2D eigenvalue weighted by molar-refractivity contribution is -0.121. The number of carbonyl (C=O) groups is 1. The van der Waals surface area contributed by atoms with Crippen LogP contribution in [0.2, 0.25) is 0 Å². The SMILES string of the molecule is Cc1cnc([C@@H](C)NC(=O)Cc2ccc(-c3cnoc3C)cc2)cn1. The zero-order valence-electron chi connectivity index (χ0n) is 14.5. The number of aromatic nitrogens is 3. The van der Waals surface area contributed by atoms with Crippen LogP contribution in [-0.4, -0.2) is 21.0 Å². The molecule has 25 heavy (non-hydrogen) atoms. The molecule has 1 amide bonds. The molecule has 0 aliphatic rings. The maximum atomic E-state index is 12.2. The van der Waals surface area contributed by atoms with E-state index in [9.17, 15) is 4.79 Å². The summed E-state index contributed by atoms with van der Waals surface area (Å²) in [5.41, 5.74) is 4.52. The number of hydrogen-bond donors (Lipinski definition) is 1. The highest BCUT2D eigenvalue weighted by Crippen LogP contribution is 2.23. The van der Waals surface area contributed by atoms with Gasteiger partial charge in [0.05, 0.1) is 36.2 Å². The molecule has 0 unspecified atom stereocenters. The van der Waals surface area contributed by atoms with Crippen molar-refractivity contribution in [1.29, 1.82) is 0 Å². The highest BCUT2D eigenvalue weighted by Gasteiger charge is 2.12. The Balaban J connectivity index is 1.61. The summed E-state index contributed by atoms with van der Waals surface area (Å²) in [7, 11) is 0. The van der Waals surface area contributed by atoms with Gasteiger partial charge >= 0.3 is 0 Å². The predicted octanol–water partition coefficient (Wildman–Crippen LogP) is 3.17. The molecule has 3 aromatic rings. The molecule has 0 radical (unpaired) electrons. The topological polar surface area (TPSA) is 80.9 Å². The van der Waals surface area contributed by atoms with Crippen molar-refractivity contribution in [3.8, 4) is 11.1 Å². The standard InChI is InChI=1S/C19H20N4O2/c1-12-9-21-18(11-20-12)13(2)23-19(24)8-15-4-6-16(7-5-15)17-10-22-25-14(17)3/h4-7,9-11,13H,8H2,1-3H3,(H,23,24)/t13-/m1/s1. The molecule has 2 aromatic heterocycles. The summed E-state index contributed by atoms with van der Waals surface area (Å²) in [5, 5.41) is 6.73. The van der Waals surface area contributed by atoms with E-state index in [0.717, 1.165) is 33.8 Å². The van der Waals surface area contributed by atoms with Gasteiger partial charge in [0.2, 0.25) is 5.91 Å². The Morgan fingerprint density at radius 2 is 1.88 bits per heavy atom. The van der Waals surface area contributed by atoms with Gasteiger partial charge < -0.3 is 9.84 Å². The van der Waals surface area contributed by atoms with Gasteiger partial charge in [-0.2, -0.15) is 0 Å². The lowest BCUT2D eigenvalue weighted by Gasteiger charge is -2.13. The molecule has 0 aliphatic carbocycles. The van der Waals surface area contributed by atoms with Crippen LogP contribution in [0.3, 0.4) is 0 Å². The van der Waals surface area contributed by atoms with Crippen LogP contribution in [0, 0.1) is 13.8 Å². The molecule has 3 rings (SSSR count). The minimum absolute atomic E-state index is 0.0521. The molecule has 0 aliphatic heterocycles. The van der Waals surface area contributed by atoms with Gasteiger partial charge in [0.15, 0.2) is 0 Å². The second-order valence-corrected chi connectivity index (χ2v) is 6.04. The van der Waals surface area contributed by atoms with Crippen molar-refractivity contribution >= 4 is 5.91 Å². The number of hydrogen-bond acceptors (Lipinski definition) is 5. The highest BCUT2D eigenvalue weighted by atomic mass is 16.5. The molecular weight excluding hydrogens is 316 g/mol. The third-order valence-corrected chi connectivity index (χ3v) is 4.00. The number of amides is 1. The van der Waals surface area contributed by atoms with Crippen LogP contribution in [0.4, 0.5) is 0 Å². The summed E-state index contributed by atoms with van der Waals surface area (Å²) < 4.78 is 5.08.